The van der Waals surface area contributed by atoms with Crippen molar-refractivity contribution in [3.63, 3.8) is 0 Å². The number of hydrogen-bond acceptors (Lipinski definition) is 4. The first-order valence-corrected chi connectivity index (χ1v) is 10.2. The summed E-state index contributed by atoms with van der Waals surface area (Å²) in [5.41, 5.74) is 4.50. The molecule has 0 bridgehead atoms. The standard InChI is InChI=1S/C22H27N3OS/c1-6-20(21(26)25-19-10-7-15(4)12-16(19)5)27-22-17(13-23)8-9-18(24-22)11-14(2)3/h7-10,12,14,20H,6,11H2,1-5H3,(H,25,26). The summed E-state index contributed by atoms with van der Waals surface area (Å²) >= 11 is 1.37. The summed E-state index contributed by atoms with van der Waals surface area (Å²) in [4.78, 5) is 17.5. The predicted octanol–water partition coefficient (Wildman–Crippen LogP) is 5.28. The molecule has 0 radical (unpaired) electrons. The van der Waals surface area contributed by atoms with Crippen LogP contribution in [0.2, 0.25) is 0 Å². The summed E-state index contributed by atoms with van der Waals surface area (Å²) in [7, 11) is 0. The highest BCUT2D eigenvalue weighted by Gasteiger charge is 2.21. The Labute approximate surface area is 166 Å². The van der Waals surface area contributed by atoms with E-state index in [-0.39, 0.29) is 11.2 Å². The largest absolute Gasteiger partial charge is 0.325 e. The van der Waals surface area contributed by atoms with Crippen LogP contribution in [0.15, 0.2) is 35.4 Å². The molecule has 1 atom stereocenters. The maximum absolute atomic E-state index is 12.8. The van der Waals surface area contributed by atoms with Crippen LogP contribution in [0.3, 0.4) is 0 Å². The summed E-state index contributed by atoms with van der Waals surface area (Å²) in [5.74, 6) is 0.424. The summed E-state index contributed by atoms with van der Waals surface area (Å²) < 4.78 is 0. The van der Waals surface area contributed by atoms with Crippen LogP contribution in [0.4, 0.5) is 5.69 Å². The van der Waals surface area contributed by atoms with Gasteiger partial charge in [-0.15, -0.1) is 0 Å². The van der Waals surface area contributed by atoms with Gasteiger partial charge in [-0.2, -0.15) is 5.26 Å². The fourth-order valence-corrected chi connectivity index (χ4v) is 3.82. The minimum atomic E-state index is -0.306. The molecule has 0 saturated heterocycles. The second-order valence-electron chi connectivity index (χ2n) is 7.19. The lowest BCUT2D eigenvalue weighted by Crippen LogP contribution is -2.25. The number of aryl methyl sites for hydroxylation is 2. The van der Waals surface area contributed by atoms with Crippen molar-refractivity contribution in [2.45, 2.75) is 57.7 Å². The van der Waals surface area contributed by atoms with E-state index in [1.807, 2.05) is 45.0 Å². The maximum atomic E-state index is 12.8. The van der Waals surface area contributed by atoms with Gasteiger partial charge in [-0.1, -0.05) is 50.2 Å². The Hall–Kier alpha value is -2.32. The van der Waals surface area contributed by atoms with E-state index in [0.29, 0.717) is 22.9 Å². The number of nitrogens with one attached hydrogen (secondary N) is 1. The Morgan fingerprint density at radius 2 is 2.00 bits per heavy atom. The molecule has 0 aliphatic heterocycles. The third-order valence-corrected chi connectivity index (χ3v) is 5.58. The first-order valence-electron chi connectivity index (χ1n) is 9.28. The molecular formula is C22H27N3OS. The highest BCUT2D eigenvalue weighted by molar-refractivity contribution is 8.00. The first kappa shape index (κ1) is 21.0. The number of amides is 1. The highest BCUT2D eigenvalue weighted by atomic mass is 32.2. The lowest BCUT2D eigenvalue weighted by atomic mass is 10.1. The molecule has 1 amide bonds. The molecule has 1 aromatic carbocycles. The number of aromatic nitrogens is 1. The Morgan fingerprint density at radius 1 is 1.26 bits per heavy atom. The van der Waals surface area contributed by atoms with E-state index in [1.165, 1.54) is 11.8 Å². The smallest absolute Gasteiger partial charge is 0.237 e. The van der Waals surface area contributed by atoms with Gasteiger partial charge in [0, 0.05) is 11.4 Å². The number of carbonyl (C=O) groups excluding carboxylic acids is 1. The van der Waals surface area contributed by atoms with Gasteiger partial charge in [0.15, 0.2) is 0 Å². The van der Waals surface area contributed by atoms with Crippen molar-refractivity contribution in [1.29, 1.82) is 5.26 Å². The molecule has 142 valence electrons. The van der Waals surface area contributed by atoms with Crippen LogP contribution in [-0.4, -0.2) is 16.1 Å². The van der Waals surface area contributed by atoms with Gasteiger partial charge in [0.05, 0.1) is 10.8 Å². The van der Waals surface area contributed by atoms with Crippen LogP contribution in [0.5, 0.6) is 0 Å². The van der Waals surface area contributed by atoms with E-state index in [2.05, 4.69) is 36.3 Å². The molecule has 0 fully saturated rings. The van der Waals surface area contributed by atoms with Gasteiger partial charge in [-0.25, -0.2) is 4.98 Å². The summed E-state index contributed by atoms with van der Waals surface area (Å²) in [6, 6.07) is 11.9. The number of thioether (sulfide) groups is 1. The average Bonchev–Trinajstić information content (AvgIpc) is 2.61. The zero-order chi connectivity index (χ0) is 20.0. The van der Waals surface area contributed by atoms with E-state index in [4.69, 9.17) is 0 Å². The Morgan fingerprint density at radius 3 is 2.59 bits per heavy atom. The predicted molar refractivity (Wildman–Crippen MR) is 112 cm³/mol. The molecular weight excluding hydrogens is 354 g/mol. The van der Waals surface area contributed by atoms with Crippen LogP contribution in [0.1, 0.15) is 49.6 Å². The molecule has 5 heteroatoms. The molecule has 0 saturated carbocycles. The van der Waals surface area contributed by atoms with Crippen molar-refractivity contribution in [3.05, 3.63) is 52.7 Å². The Kier molecular flexibility index (Phi) is 7.44. The monoisotopic (exact) mass is 381 g/mol. The quantitative estimate of drug-likeness (QED) is 0.663. The second-order valence-corrected chi connectivity index (χ2v) is 8.38. The maximum Gasteiger partial charge on any atom is 0.237 e. The second kappa shape index (κ2) is 9.57. The number of anilines is 1. The Bertz CT molecular complexity index is 855. The minimum absolute atomic E-state index is 0.0607. The number of carbonyl (C=O) groups is 1. The van der Waals surface area contributed by atoms with Crippen LogP contribution in [0.25, 0.3) is 0 Å². The molecule has 27 heavy (non-hydrogen) atoms. The normalized spacial score (nSPS) is 11.9. The van der Waals surface area contributed by atoms with Crippen molar-refractivity contribution in [2.75, 3.05) is 5.32 Å². The van der Waals surface area contributed by atoms with E-state index in [1.54, 1.807) is 0 Å². The number of nitrogens with zero attached hydrogens (tertiary/aromatic N) is 2. The van der Waals surface area contributed by atoms with Crippen molar-refractivity contribution >= 4 is 23.4 Å². The number of rotatable bonds is 7. The van der Waals surface area contributed by atoms with Crippen molar-refractivity contribution in [2.24, 2.45) is 5.92 Å². The van der Waals surface area contributed by atoms with Gasteiger partial charge in [0.2, 0.25) is 5.91 Å². The molecule has 0 spiro atoms. The molecule has 2 rings (SSSR count). The molecule has 2 aromatic rings. The summed E-state index contributed by atoms with van der Waals surface area (Å²) in [6.45, 7) is 10.3. The van der Waals surface area contributed by atoms with Crippen LogP contribution in [-0.2, 0) is 11.2 Å². The van der Waals surface area contributed by atoms with Gasteiger partial charge in [0.1, 0.15) is 11.1 Å². The molecule has 1 heterocycles. The van der Waals surface area contributed by atoms with Gasteiger partial charge in [-0.05, 0) is 56.4 Å². The van der Waals surface area contributed by atoms with Gasteiger partial charge in [0.25, 0.3) is 0 Å². The topological polar surface area (TPSA) is 65.8 Å². The number of nitriles is 1. The van der Waals surface area contributed by atoms with Gasteiger partial charge < -0.3 is 5.32 Å². The van der Waals surface area contributed by atoms with Gasteiger partial charge >= 0.3 is 0 Å². The number of hydrogen-bond donors (Lipinski definition) is 1. The molecule has 4 nitrogen and oxygen atoms in total. The fraction of sp³-hybridized carbons (Fsp3) is 0.409. The summed E-state index contributed by atoms with van der Waals surface area (Å²) in [6.07, 6.45) is 1.51. The third-order valence-electron chi connectivity index (χ3n) is 4.21. The van der Waals surface area contributed by atoms with Crippen LogP contribution in [0, 0.1) is 31.1 Å². The fourth-order valence-electron chi connectivity index (χ4n) is 2.81. The SMILES string of the molecule is CCC(Sc1nc(CC(C)C)ccc1C#N)C(=O)Nc1ccc(C)cc1C. The molecule has 0 aliphatic rings. The lowest BCUT2D eigenvalue weighted by molar-refractivity contribution is -0.115. The van der Waals surface area contributed by atoms with Crippen LogP contribution >= 0.6 is 11.8 Å². The average molecular weight is 382 g/mol. The van der Waals surface area contributed by atoms with Crippen LogP contribution < -0.4 is 5.32 Å². The third kappa shape index (κ3) is 5.83. The zero-order valence-electron chi connectivity index (χ0n) is 16.7. The molecule has 0 aliphatic carbocycles. The van der Waals surface area contributed by atoms with E-state index in [9.17, 15) is 10.1 Å². The Balaban J connectivity index is 2.20. The van der Waals surface area contributed by atoms with E-state index < -0.39 is 0 Å². The number of pyridine rings is 1. The highest BCUT2D eigenvalue weighted by Crippen LogP contribution is 2.29. The zero-order valence-corrected chi connectivity index (χ0v) is 17.5. The van der Waals surface area contributed by atoms with E-state index >= 15 is 0 Å². The van der Waals surface area contributed by atoms with Crippen molar-refractivity contribution < 1.29 is 4.79 Å². The molecule has 1 unspecified atom stereocenters. The number of benzene rings is 1. The minimum Gasteiger partial charge on any atom is -0.325 e. The van der Waals surface area contributed by atoms with Gasteiger partial charge in [-0.3, -0.25) is 4.79 Å². The lowest BCUT2D eigenvalue weighted by Gasteiger charge is -2.17. The first-order chi connectivity index (χ1) is 12.8. The van der Waals surface area contributed by atoms with Crippen molar-refractivity contribution in [3.8, 4) is 6.07 Å². The van der Waals surface area contributed by atoms with Crippen molar-refractivity contribution in [1.82, 2.24) is 4.98 Å². The summed E-state index contributed by atoms with van der Waals surface area (Å²) in [5, 5.41) is 12.8. The van der Waals surface area contributed by atoms with E-state index in [0.717, 1.165) is 28.9 Å². The molecule has 1 aromatic heterocycles. The molecule has 1 N–H and O–H groups in total.